The monoisotopic (exact) mass is 112 g/mol. The molecule has 0 aromatic carbocycles. The van der Waals surface area contributed by atoms with Gasteiger partial charge in [-0.15, -0.1) is 0 Å². The molecule has 0 aromatic heterocycles. The van der Waals surface area contributed by atoms with Gasteiger partial charge in [0.2, 0.25) is 0 Å². The van der Waals surface area contributed by atoms with Gasteiger partial charge in [-0.25, -0.2) is 0 Å². The summed E-state index contributed by atoms with van der Waals surface area (Å²) < 4.78 is 0. The molecule has 0 fully saturated rings. The lowest BCUT2D eigenvalue weighted by Gasteiger charge is -2.00. The van der Waals surface area contributed by atoms with Crippen molar-refractivity contribution in [3.8, 4) is 0 Å². The van der Waals surface area contributed by atoms with E-state index in [2.05, 4.69) is 6.58 Å². The van der Waals surface area contributed by atoms with Gasteiger partial charge in [-0.1, -0.05) is 18.7 Å². The summed E-state index contributed by atoms with van der Waals surface area (Å²) in [6.07, 6.45) is 3.13. The summed E-state index contributed by atoms with van der Waals surface area (Å²) in [4.78, 5) is 0. The first-order valence-electron chi connectivity index (χ1n) is 2.65. The van der Waals surface area contributed by atoms with Crippen molar-refractivity contribution < 1.29 is 5.11 Å². The van der Waals surface area contributed by atoms with Crippen LogP contribution in [-0.2, 0) is 0 Å². The number of aliphatic hydroxyl groups excluding tert-OH is 1. The zero-order valence-electron chi connectivity index (χ0n) is 5.39. The highest BCUT2D eigenvalue weighted by molar-refractivity contribution is 5.10. The Kier molecular flexibility index (Phi) is 3.20. The van der Waals surface area contributed by atoms with E-state index in [0.29, 0.717) is 0 Å². The van der Waals surface area contributed by atoms with E-state index in [9.17, 15) is 0 Å². The van der Waals surface area contributed by atoms with Gasteiger partial charge in [-0.05, 0) is 19.4 Å². The van der Waals surface area contributed by atoms with E-state index >= 15 is 0 Å². The van der Waals surface area contributed by atoms with E-state index in [1.54, 1.807) is 19.1 Å². The third-order valence-corrected chi connectivity index (χ3v) is 1.04. The van der Waals surface area contributed by atoms with Crippen LogP contribution in [0.1, 0.15) is 13.8 Å². The second-order valence-electron chi connectivity index (χ2n) is 1.82. The lowest BCUT2D eigenvalue weighted by Crippen LogP contribution is -1.99. The third kappa shape index (κ3) is 2.59. The van der Waals surface area contributed by atoms with Gasteiger partial charge >= 0.3 is 0 Å². The maximum absolute atomic E-state index is 8.84. The van der Waals surface area contributed by atoms with Crippen LogP contribution in [0.5, 0.6) is 0 Å². The van der Waals surface area contributed by atoms with Crippen LogP contribution in [0.2, 0.25) is 0 Å². The Morgan fingerprint density at radius 2 is 2.25 bits per heavy atom. The Hall–Kier alpha value is -0.560. The van der Waals surface area contributed by atoms with E-state index in [1.165, 1.54) is 0 Å². The van der Waals surface area contributed by atoms with Crippen LogP contribution in [0.15, 0.2) is 24.3 Å². The molecule has 1 unspecified atom stereocenters. The molecule has 0 aromatic rings. The first-order valence-corrected chi connectivity index (χ1v) is 2.65. The van der Waals surface area contributed by atoms with Gasteiger partial charge in [0.25, 0.3) is 0 Å². The highest BCUT2D eigenvalue weighted by Crippen LogP contribution is 1.98. The molecule has 0 saturated heterocycles. The second kappa shape index (κ2) is 3.44. The Morgan fingerprint density at radius 1 is 1.75 bits per heavy atom. The molecule has 0 aliphatic heterocycles. The fourth-order valence-electron chi connectivity index (χ4n) is 0.325. The van der Waals surface area contributed by atoms with Crippen LogP contribution in [0.25, 0.3) is 0 Å². The van der Waals surface area contributed by atoms with Gasteiger partial charge in [0.05, 0.1) is 6.10 Å². The fraction of sp³-hybridized carbons (Fsp3) is 0.429. The van der Waals surface area contributed by atoms with Crippen molar-refractivity contribution in [1.82, 2.24) is 0 Å². The van der Waals surface area contributed by atoms with Gasteiger partial charge in [0.1, 0.15) is 0 Å². The highest BCUT2D eigenvalue weighted by atomic mass is 16.3. The topological polar surface area (TPSA) is 20.2 Å². The molecule has 1 nitrogen and oxygen atoms in total. The minimum Gasteiger partial charge on any atom is -0.389 e. The standard InChI is InChI=1S/C7H12O/c1-4-5-6(2)7(3)8/h4-5,7-8H,1H2,2-3H3/b6-5+. The van der Waals surface area contributed by atoms with E-state index in [1.807, 2.05) is 6.92 Å². The van der Waals surface area contributed by atoms with Gasteiger partial charge in [-0.3, -0.25) is 0 Å². The van der Waals surface area contributed by atoms with Gasteiger partial charge in [0.15, 0.2) is 0 Å². The molecule has 0 spiro atoms. The van der Waals surface area contributed by atoms with Crippen LogP contribution in [0.4, 0.5) is 0 Å². The molecule has 8 heavy (non-hydrogen) atoms. The second-order valence-corrected chi connectivity index (χ2v) is 1.82. The van der Waals surface area contributed by atoms with Crippen molar-refractivity contribution in [3.63, 3.8) is 0 Å². The van der Waals surface area contributed by atoms with Crippen molar-refractivity contribution in [2.75, 3.05) is 0 Å². The molecule has 0 bridgehead atoms. The summed E-state index contributed by atoms with van der Waals surface area (Å²) in [5, 5.41) is 8.84. The molecule has 1 N–H and O–H groups in total. The summed E-state index contributed by atoms with van der Waals surface area (Å²) in [6, 6.07) is 0. The maximum Gasteiger partial charge on any atom is 0.0722 e. The molecule has 0 heterocycles. The van der Waals surface area contributed by atoms with Crippen molar-refractivity contribution in [1.29, 1.82) is 0 Å². The number of rotatable bonds is 2. The van der Waals surface area contributed by atoms with E-state index < -0.39 is 0 Å². The van der Waals surface area contributed by atoms with Crippen molar-refractivity contribution in [2.45, 2.75) is 20.0 Å². The third-order valence-electron chi connectivity index (χ3n) is 1.04. The van der Waals surface area contributed by atoms with Crippen molar-refractivity contribution >= 4 is 0 Å². The molecular formula is C7H12O. The quantitative estimate of drug-likeness (QED) is 0.537. The predicted molar refractivity (Wildman–Crippen MR) is 35.6 cm³/mol. The smallest absolute Gasteiger partial charge is 0.0722 e. The average Bonchev–Trinajstić information content (AvgIpc) is 1.67. The van der Waals surface area contributed by atoms with Crippen LogP contribution in [-0.4, -0.2) is 11.2 Å². The SMILES string of the molecule is C=C/C=C(\C)C(C)O. The lowest BCUT2D eigenvalue weighted by molar-refractivity contribution is 0.231. The molecule has 1 heteroatoms. The summed E-state index contributed by atoms with van der Waals surface area (Å²) in [7, 11) is 0. The summed E-state index contributed by atoms with van der Waals surface area (Å²) in [6.45, 7) is 7.09. The van der Waals surface area contributed by atoms with Gasteiger partial charge < -0.3 is 5.11 Å². The summed E-state index contributed by atoms with van der Waals surface area (Å²) in [5.41, 5.74) is 0.944. The zero-order chi connectivity index (χ0) is 6.57. The van der Waals surface area contributed by atoms with E-state index in [4.69, 9.17) is 5.11 Å². The molecule has 0 rings (SSSR count). The summed E-state index contributed by atoms with van der Waals surface area (Å²) in [5.74, 6) is 0. The Labute approximate surface area is 50.3 Å². The van der Waals surface area contributed by atoms with Crippen LogP contribution >= 0.6 is 0 Å². The van der Waals surface area contributed by atoms with Crippen molar-refractivity contribution in [2.24, 2.45) is 0 Å². The lowest BCUT2D eigenvalue weighted by atomic mass is 10.2. The first-order chi connectivity index (χ1) is 3.68. The van der Waals surface area contributed by atoms with Crippen LogP contribution in [0, 0.1) is 0 Å². The fourth-order valence-corrected chi connectivity index (χ4v) is 0.325. The number of aliphatic hydroxyl groups is 1. The Balaban J connectivity index is 3.78. The van der Waals surface area contributed by atoms with Gasteiger partial charge in [-0.2, -0.15) is 0 Å². The van der Waals surface area contributed by atoms with E-state index in [-0.39, 0.29) is 6.10 Å². The zero-order valence-corrected chi connectivity index (χ0v) is 5.39. The maximum atomic E-state index is 8.84. The molecule has 0 aliphatic rings. The van der Waals surface area contributed by atoms with E-state index in [0.717, 1.165) is 5.57 Å². The largest absolute Gasteiger partial charge is 0.389 e. The van der Waals surface area contributed by atoms with Crippen molar-refractivity contribution in [3.05, 3.63) is 24.3 Å². The number of allylic oxidation sites excluding steroid dienone is 2. The molecule has 46 valence electrons. The Morgan fingerprint density at radius 3 is 2.38 bits per heavy atom. The number of hydrogen-bond donors (Lipinski definition) is 1. The normalized spacial score (nSPS) is 15.6. The van der Waals surface area contributed by atoms with Gasteiger partial charge in [0, 0.05) is 0 Å². The predicted octanol–water partition coefficient (Wildman–Crippen LogP) is 1.50. The molecule has 1 atom stereocenters. The molecule has 0 aliphatic carbocycles. The first kappa shape index (κ1) is 7.44. The molecular weight excluding hydrogens is 100 g/mol. The molecule has 0 amide bonds. The van der Waals surface area contributed by atoms with Crippen LogP contribution < -0.4 is 0 Å². The highest BCUT2D eigenvalue weighted by Gasteiger charge is 1.93. The number of hydrogen-bond acceptors (Lipinski definition) is 1. The minimum absolute atomic E-state index is 0.340. The minimum atomic E-state index is -0.340. The Bertz CT molecular complexity index is 101. The molecule has 0 radical (unpaired) electrons. The summed E-state index contributed by atoms with van der Waals surface area (Å²) >= 11 is 0. The molecule has 0 saturated carbocycles. The van der Waals surface area contributed by atoms with Crippen LogP contribution in [0.3, 0.4) is 0 Å². The average molecular weight is 112 g/mol.